The molecular weight excluding hydrogens is 248 g/mol. The van der Waals surface area contributed by atoms with Gasteiger partial charge in [-0.25, -0.2) is 4.98 Å². The summed E-state index contributed by atoms with van der Waals surface area (Å²) < 4.78 is 5.86. The lowest BCUT2D eigenvalue weighted by Crippen LogP contribution is -2.44. The molecule has 1 fully saturated rings. The fraction of sp³-hybridized carbons (Fsp3) is 0.692. The van der Waals surface area contributed by atoms with Gasteiger partial charge in [0.1, 0.15) is 5.01 Å². The summed E-state index contributed by atoms with van der Waals surface area (Å²) in [5, 5.41) is 6.15. The SMILES string of the molecule is CC(C)(C)C(=O)OC1(c2nccs2)CCNCC1. The van der Waals surface area contributed by atoms with Crippen molar-refractivity contribution >= 4 is 17.3 Å². The first kappa shape index (κ1) is 13.5. The molecule has 1 aliphatic rings. The summed E-state index contributed by atoms with van der Waals surface area (Å²) in [6.45, 7) is 7.36. The van der Waals surface area contributed by atoms with E-state index in [0.717, 1.165) is 30.9 Å². The molecule has 1 aliphatic heterocycles. The minimum absolute atomic E-state index is 0.153. The zero-order valence-corrected chi connectivity index (χ0v) is 12.0. The Kier molecular flexibility index (Phi) is 3.73. The Morgan fingerprint density at radius 1 is 1.44 bits per heavy atom. The van der Waals surface area contributed by atoms with E-state index in [1.165, 1.54) is 0 Å². The maximum Gasteiger partial charge on any atom is 0.312 e. The zero-order chi connectivity index (χ0) is 13.2. The Balaban J connectivity index is 2.23. The van der Waals surface area contributed by atoms with Crippen molar-refractivity contribution in [3.63, 3.8) is 0 Å². The van der Waals surface area contributed by atoms with E-state index < -0.39 is 11.0 Å². The number of hydrogen-bond donors (Lipinski definition) is 1. The Morgan fingerprint density at radius 3 is 2.61 bits per heavy atom. The summed E-state index contributed by atoms with van der Waals surface area (Å²) in [5.74, 6) is -0.153. The third-order valence-corrected chi connectivity index (χ3v) is 4.09. The van der Waals surface area contributed by atoms with Gasteiger partial charge in [0.05, 0.1) is 5.41 Å². The van der Waals surface area contributed by atoms with Crippen LogP contribution < -0.4 is 5.32 Å². The Hall–Kier alpha value is -0.940. The highest BCUT2D eigenvalue weighted by Crippen LogP contribution is 2.37. The summed E-state index contributed by atoms with van der Waals surface area (Å²) in [7, 11) is 0. The number of rotatable bonds is 2. The molecular formula is C13H20N2O2S. The second-order valence-electron chi connectivity index (χ2n) is 5.72. The van der Waals surface area contributed by atoms with E-state index in [2.05, 4.69) is 10.3 Å². The monoisotopic (exact) mass is 268 g/mol. The van der Waals surface area contributed by atoms with Gasteiger partial charge < -0.3 is 10.1 Å². The van der Waals surface area contributed by atoms with Crippen molar-refractivity contribution in [3.05, 3.63) is 16.6 Å². The van der Waals surface area contributed by atoms with Crippen molar-refractivity contribution in [2.45, 2.75) is 39.2 Å². The molecule has 0 unspecified atom stereocenters. The molecule has 1 aromatic rings. The lowest BCUT2D eigenvalue weighted by Gasteiger charge is -2.37. The number of piperidine rings is 1. The lowest BCUT2D eigenvalue weighted by atomic mass is 9.91. The Labute approximate surface area is 112 Å². The van der Waals surface area contributed by atoms with Gasteiger partial charge in [0.25, 0.3) is 0 Å². The summed E-state index contributed by atoms with van der Waals surface area (Å²) >= 11 is 1.56. The predicted molar refractivity (Wildman–Crippen MR) is 71.4 cm³/mol. The largest absolute Gasteiger partial charge is 0.451 e. The van der Waals surface area contributed by atoms with Gasteiger partial charge in [0, 0.05) is 24.4 Å². The van der Waals surface area contributed by atoms with Gasteiger partial charge in [0.15, 0.2) is 5.60 Å². The molecule has 100 valence electrons. The van der Waals surface area contributed by atoms with Crippen molar-refractivity contribution in [1.82, 2.24) is 10.3 Å². The molecule has 0 radical (unpaired) electrons. The number of esters is 1. The van der Waals surface area contributed by atoms with E-state index in [4.69, 9.17) is 4.74 Å². The third kappa shape index (κ3) is 2.72. The standard InChI is InChI=1S/C13H20N2O2S/c1-12(2,3)11(16)17-13(4-6-14-7-5-13)10-15-8-9-18-10/h8-9,14H,4-7H2,1-3H3. The minimum Gasteiger partial charge on any atom is -0.451 e. The molecule has 5 heteroatoms. The molecule has 4 nitrogen and oxygen atoms in total. The van der Waals surface area contributed by atoms with Gasteiger partial charge >= 0.3 is 5.97 Å². The highest BCUT2D eigenvalue weighted by molar-refractivity contribution is 7.09. The van der Waals surface area contributed by atoms with Crippen molar-refractivity contribution < 1.29 is 9.53 Å². The molecule has 2 rings (SSSR count). The number of aromatic nitrogens is 1. The van der Waals surface area contributed by atoms with Gasteiger partial charge in [-0.15, -0.1) is 11.3 Å². The van der Waals surface area contributed by atoms with Crippen molar-refractivity contribution in [2.24, 2.45) is 5.41 Å². The van der Waals surface area contributed by atoms with Gasteiger partial charge in [-0.2, -0.15) is 0 Å². The summed E-state index contributed by atoms with van der Waals surface area (Å²) in [5.41, 5.74) is -1.00. The van der Waals surface area contributed by atoms with E-state index in [1.807, 2.05) is 26.2 Å². The van der Waals surface area contributed by atoms with E-state index in [-0.39, 0.29) is 5.97 Å². The molecule has 0 saturated carbocycles. The number of hydrogen-bond acceptors (Lipinski definition) is 5. The van der Waals surface area contributed by atoms with Crippen molar-refractivity contribution in [2.75, 3.05) is 13.1 Å². The minimum atomic E-state index is -0.524. The first-order valence-corrected chi connectivity index (χ1v) is 7.16. The number of thiazole rings is 1. The molecule has 18 heavy (non-hydrogen) atoms. The lowest BCUT2D eigenvalue weighted by molar-refractivity contribution is -0.174. The predicted octanol–water partition coefficient (Wildman–Crippen LogP) is 2.31. The summed E-state index contributed by atoms with van der Waals surface area (Å²) in [4.78, 5) is 16.5. The molecule has 1 aromatic heterocycles. The first-order chi connectivity index (χ1) is 8.44. The normalized spacial score (nSPS) is 19.5. The highest BCUT2D eigenvalue weighted by atomic mass is 32.1. The maximum atomic E-state index is 12.2. The van der Waals surface area contributed by atoms with Crippen LogP contribution >= 0.6 is 11.3 Å². The maximum absolute atomic E-state index is 12.2. The van der Waals surface area contributed by atoms with Crippen LogP contribution in [0.4, 0.5) is 0 Å². The average molecular weight is 268 g/mol. The van der Waals surface area contributed by atoms with E-state index in [0.29, 0.717) is 0 Å². The first-order valence-electron chi connectivity index (χ1n) is 6.28. The van der Waals surface area contributed by atoms with E-state index in [1.54, 1.807) is 17.5 Å². The van der Waals surface area contributed by atoms with Crippen LogP contribution in [0.2, 0.25) is 0 Å². The molecule has 0 atom stereocenters. The van der Waals surface area contributed by atoms with E-state index >= 15 is 0 Å². The Morgan fingerprint density at radius 2 is 2.11 bits per heavy atom. The van der Waals surface area contributed by atoms with Crippen molar-refractivity contribution in [1.29, 1.82) is 0 Å². The molecule has 1 saturated heterocycles. The molecule has 1 N–H and O–H groups in total. The third-order valence-electron chi connectivity index (χ3n) is 3.13. The van der Waals surface area contributed by atoms with Crippen LogP contribution in [0.1, 0.15) is 38.6 Å². The van der Waals surface area contributed by atoms with Crippen LogP contribution in [-0.2, 0) is 15.1 Å². The molecule has 0 aromatic carbocycles. The quantitative estimate of drug-likeness (QED) is 0.836. The van der Waals surface area contributed by atoms with Gasteiger partial charge in [0.2, 0.25) is 0 Å². The highest BCUT2D eigenvalue weighted by Gasteiger charge is 2.42. The van der Waals surface area contributed by atoms with Crippen LogP contribution in [0, 0.1) is 5.41 Å². The van der Waals surface area contributed by atoms with Crippen LogP contribution in [0.15, 0.2) is 11.6 Å². The number of nitrogens with one attached hydrogen (secondary N) is 1. The average Bonchev–Trinajstić information content (AvgIpc) is 2.83. The second kappa shape index (κ2) is 4.97. The molecule has 0 aliphatic carbocycles. The fourth-order valence-electron chi connectivity index (χ4n) is 1.97. The van der Waals surface area contributed by atoms with Crippen molar-refractivity contribution in [3.8, 4) is 0 Å². The number of carbonyl (C=O) groups excluding carboxylic acids is 1. The molecule has 0 spiro atoms. The van der Waals surface area contributed by atoms with Crippen LogP contribution in [0.5, 0.6) is 0 Å². The van der Waals surface area contributed by atoms with Gasteiger partial charge in [-0.3, -0.25) is 4.79 Å². The molecule has 0 bridgehead atoms. The van der Waals surface area contributed by atoms with Crippen LogP contribution in [0.3, 0.4) is 0 Å². The van der Waals surface area contributed by atoms with Gasteiger partial charge in [-0.1, -0.05) is 0 Å². The summed E-state index contributed by atoms with van der Waals surface area (Å²) in [6, 6.07) is 0. The van der Waals surface area contributed by atoms with Crippen LogP contribution in [0.25, 0.3) is 0 Å². The van der Waals surface area contributed by atoms with Gasteiger partial charge in [-0.05, 0) is 33.9 Å². The Bertz CT molecular complexity index is 403. The summed E-state index contributed by atoms with van der Waals surface area (Å²) in [6.07, 6.45) is 3.36. The smallest absolute Gasteiger partial charge is 0.312 e. The zero-order valence-electron chi connectivity index (χ0n) is 11.2. The number of ether oxygens (including phenoxy) is 1. The second-order valence-corrected chi connectivity index (χ2v) is 6.62. The topological polar surface area (TPSA) is 51.2 Å². The van der Waals surface area contributed by atoms with Crippen LogP contribution in [-0.4, -0.2) is 24.0 Å². The fourth-order valence-corrected chi connectivity index (χ4v) is 2.80. The number of carbonyl (C=O) groups is 1. The number of nitrogens with zero attached hydrogens (tertiary/aromatic N) is 1. The molecule has 0 amide bonds. The van der Waals surface area contributed by atoms with E-state index in [9.17, 15) is 4.79 Å². The molecule has 2 heterocycles.